The standard InChI is InChI=1S/C15H27N3/c1-7-16-9-14-12(4)8-13(5)17-15(14)18(6)10-11(2)3/h8,11,16H,7,9-10H2,1-6H3. The Bertz CT molecular complexity index is 386. The van der Waals surface area contributed by atoms with Gasteiger partial charge < -0.3 is 10.2 Å². The largest absolute Gasteiger partial charge is 0.359 e. The highest BCUT2D eigenvalue weighted by Gasteiger charge is 2.13. The predicted molar refractivity (Wildman–Crippen MR) is 79.2 cm³/mol. The van der Waals surface area contributed by atoms with Crippen LogP contribution in [0.25, 0.3) is 0 Å². The molecule has 1 rings (SSSR count). The highest BCUT2D eigenvalue weighted by molar-refractivity contribution is 5.51. The summed E-state index contributed by atoms with van der Waals surface area (Å²) < 4.78 is 0. The van der Waals surface area contributed by atoms with E-state index in [-0.39, 0.29) is 0 Å². The second-order valence-corrected chi connectivity index (χ2v) is 5.44. The molecule has 0 atom stereocenters. The molecule has 0 fully saturated rings. The van der Waals surface area contributed by atoms with Crippen molar-refractivity contribution in [1.82, 2.24) is 10.3 Å². The fourth-order valence-corrected chi connectivity index (χ4v) is 2.26. The molecule has 1 aromatic rings. The Balaban J connectivity index is 3.05. The van der Waals surface area contributed by atoms with Crippen LogP contribution in [0.3, 0.4) is 0 Å². The lowest BCUT2D eigenvalue weighted by molar-refractivity contribution is 0.629. The summed E-state index contributed by atoms with van der Waals surface area (Å²) in [4.78, 5) is 7.00. The number of pyridine rings is 1. The van der Waals surface area contributed by atoms with Crippen molar-refractivity contribution in [3.05, 3.63) is 22.9 Å². The number of anilines is 1. The van der Waals surface area contributed by atoms with Gasteiger partial charge in [-0.25, -0.2) is 4.98 Å². The molecule has 0 aliphatic rings. The van der Waals surface area contributed by atoms with Crippen LogP contribution >= 0.6 is 0 Å². The Morgan fingerprint density at radius 2 is 2.00 bits per heavy atom. The van der Waals surface area contributed by atoms with E-state index in [1.54, 1.807) is 0 Å². The summed E-state index contributed by atoms with van der Waals surface area (Å²) in [6.45, 7) is 13.8. The first-order valence-electron chi connectivity index (χ1n) is 6.84. The molecule has 0 aliphatic carbocycles. The molecule has 0 radical (unpaired) electrons. The molecule has 0 unspecified atom stereocenters. The summed E-state index contributed by atoms with van der Waals surface area (Å²) in [7, 11) is 2.14. The van der Waals surface area contributed by atoms with Gasteiger partial charge in [0.25, 0.3) is 0 Å². The molecule has 102 valence electrons. The Morgan fingerprint density at radius 3 is 2.56 bits per heavy atom. The second kappa shape index (κ2) is 6.74. The molecule has 0 spiro atoms. The molecule has 0 saturated heterocycles. The minimum Gasteiger partial charge on any atom is -0.359 e. The van der Waals surface area contributed by atoms with E-state index in [9.17, 15) is 0 Å². The number of hydrogen-bond donors (Lipinski definition) is 1. The van der Waals surface area contributed by atoms with Gasteiger partial charge in [-0.2, -0.15) is 0 Å². The first-order valence-corrected chi connectivity index (χ1v) is 6.84. The number of hydrogen-bond acceptors (Lipinski definition) is 3. The first kappa shape index (κ1) is 15.0. The van der Waals surface area contributed by atoms with Gasteiger partial charge in [0.15, 0.2) is 0 Å². The number of nitrogens with one attached hydrogen (secondary N) is 1. The Labute approximate surface area is 112 Å². The van der Waals surface area contributed by atoms with Gasteiger partial charge in [-0.05, 0) is 37.9 Å². The molecule has 18 heavy (non-hydrogen) atoms. The normalized spacial score (nSPS) is 11.1. The van der Waals surface area contributed by atoms with Crippen molar-refractivity contribution in [2.75, 3.05) is 25.0 Å². The van der Waals surface area contributed by atoms with Crippen LogP contribution in [0.4, 0.5) is 5.82 Å². The third-order valence-electron chi connectivity index (χ3n) is 3.01. The molecule has 3 heteroatoms. The Kier molecular flexibility index (Phi) is 5.60. The van der Waals surface area contributed by atoms with Crippen LogP contribution < -0.4 is 10.2 Å². The molecule has 0 amide bonds. The van der Waals surface area contributed by atoms with E-state index in [0.29, 0.717) is 5.92 Å². The van der Waals surface area contributed by atoms with Gasteiger partial charge in [0, 0.05) is 31.4 Å². The molecular formula is C15H27N3. The molecule has 0 aliphatic heterocycles. The molecule has 0 aromatic carbocycles. The van der Waals surface area contributed by atoms with Crippen LogP contribution in [0, 0.1) is 19.8 Å². The van der Waals surface area contributed by atoms with Crippen molar-refractivity contribution >= 4 is 5.82 Å². The van der Waals surface area contributed by atoms with Crippen molar-refractivity contribution in [3.63, 3.8) is 0 Å². The van der Waals surface area contributed by atoms with Crippen LogP contribution in [0.15, 0.2) is 6.07 Å². The van der Waals surface area contributed by atoms with Crippen molar-refractivity contribution in [1.29, 1.82) is 0 Å². The average molecular weight is 249 g/mol. The van der Waals surface area contributed by atoms with Gasteiger partial charge in [-0.3, -0.25) is 0 Å². The van der Waals surface area contributed by atoms with Crippen LogP contribution in [-0.4, -0.2) is 25.1 Å². The Morgan fingerprint density at radius 1 is 1.33 bits per heavy atom. The zero-order valence-corrected chi connectivity index (χ0v) is 12.7. The summed E-state index contributed by atoms with van der Waals surface area (Å²) in [5.41, 5.74) is 3.75. The van der Waals surface area contributed by atoms with Gasteiger partial charge in [-0.15, -0.1) is 0 Å². The fraction of sp³-hybridized carbons (Fsp3) is 0.667. The molecular weight excluding hydrogens is 222 g/mol. The SMILES string of the molecule is CCNCc1c(C)cc(C)nc1N(C)CC(C)C. The average Bonchev–Trinajstić information content (AvgIpc) is 2.26. The molecule has 1 heterocycles. The minimum absolute atomic E-state index is 0.643. The van der Waals surface area contributed by atoms with Crippen LogP contribution in [-0.2, 0) is 6.54 Å². The second-order valence-electron chi connectivity index (χ2n) is 5.44. The number of rotatable bonds is 6. The summed E-state index contributed by atoms with van der Waals surface area (Å²) in [6, 6.07) is 2.17. The van der Waals surface area contributed by atoms with Crippen LogP contribution in [0.1, 0.15) is 37.6 Å². The lowest BCUT2D eigenvalue weighted by Gasteiger charge is -2.25. The summed E-state index contributed by atoms with van der Waals surface area (Å²) in [5, 5.41) is 3.41. The van der Waals surface area contributed by atoms with E-state index in [2.05, 4.69) is 57.9 Å². The smallest absolute Gasteiger partial charge is 0.133 e. The van der Waals surface area contributed by atoms with E-state index in [0.717, 1.165) is 31.1 Å². The highest BCUT2D eigenvalue weighted by atomic mass is 15.2. The van der Waals surface area contributed by atoms with E-state index >= 15 is 0 Å². The fourth-order valence-electron chi connectivity index (χ4n) is 2.26. The third kappa shape index (κ3) is 3.98. The summed E-state index contributed by atoms with van der Waals surface area (Å²) in [6.07, 6.45) is 0. The minimum atomic E-state index is 0.643. The Hall–Kier alpha value is -1.09. The zero-order chi connectivity index (χ0) is 13.7. The maximum Gasteiger partial charge on any atom is 0.133 e. The summed E-state index contributed by atoms with van der Waals surface area (Å²) >= 11 is 0. The lowest BCUT2D eigenvalue weighted by Crippen LogP contribution is -2.26. The molecule has 0 saturated carbocycles. The number of aryl methyl sites for hydroxylation is 2. The van der Waals surface area contributed by atoms with Gasteiger partial charge >= 0.3 is 0 Å². The van der Waals surface area contributed by atoms with Crippen molar-refractivity contribution in [3.8, 4) is 0 Å². The third-order valence-corrected chi connectivity index (χ3v) is 3.01. The maximum absolute atomic E-state index is 4.73. The molecule has 0 bridgehead atoms. The van der Waals surface area contributed by atoms with E-state index in [1.165, 1.54) is 11.1 Å². The molecule has 1 aromatic heterocycles. The zero-order valence-electron chi connectivity index (χ0n) is 12.7. The van der Waals surface area contributed by atoms with Crippen molar-refractivity contribution in [2.45, 2.75) is 41.2 Å². The van der Waals surface area contributed by atoms with Gasteiger partial charge in [0.1, 0.15) is 5.82 Å². The number of nitrogens with zero attached hydrogens (tertiary/aromatic N) is 2. The van der Waals surface area contributed by atoms with E-state index in [4.69, 9.17) is 4.98 Å². The maximum atomic E-state index is 4.73. The lowest BCUT2D eigenvalue weighted by atomic mass is 10.1. The van der Waals surface area contributed by atoms with Gasteiger partial charge in [-0.1, -0.05) is 20.8 Å². The van der Waals surface area contributed by atoms with Gasteiger partial charge in [0.05, 0.1) is 0 Å². The molecule has 1 N–H and O–H groups in total. The highest BCUT2D eigenvalue weighted by Crippen LogP contribution is 2.22. The molecule has 3 nitrogen and oxygen atoms in total. The van der Waals surface area contributed by atoms with Crippen LogP contribution in [0.2, 0.25) is 0 Å². The van der Waals surface area contributed by atoms with Crippen LogP contribution in [0.5, 0.6) is 0 Å². The van der Waals surface area contributed by atoms with Crippen molar-refractivity contribution < 1.29 is 0 Å². The number of aromatic nitrogens is 1. The van der Waals surface area contributed by atoms with Crippen molar-refractivity contribution in [2.24, 2.45) is 5.92 Å². The quantitative estimate of drug-likeness (QED) is 0.840. The van der Waals surface area contributed by atoms with E-state index in [1.807, 2.05) is 0 Å². The van der Waals surface area contributed by atoms with E-state index < -0.39 is 0 Å². The monoisotopic (exact) mass is 249 g/mol. The topological polar surface area (TPSA) is 28.2 Å². The predicted octanol–water partition coefficient (Wildman–Crippen LogP) is 2.90. The van der Waals surface area contributed by atoms with Gasteiger partial charge in [0.2, 0.25) is 0 Å². The first-order chi connectivity index (χ1) is 8.45. The summed E-state index contributed by atoms with van der Waals surface area (Å²) in [5.74, 6) is 1.77.